The zero-order chi connectivity index (χ0) is 24.0. The van der Waals surface area contributed by atoms with Crippen molar-refractivity contribution in [1.29, 1.82) is 0 Å². The molecule has 1 N–H and O–H groups in total. The number of ketones is 1. The van der Waals surface area contributed by atoms with Crippen LogP contribution in [0.1, 0.15) is 33.7 Å². The first kappa shape index (κ1) is 22.3. The topological polar surface area (TPSA) is 80.6 Å². The third-order valence-electron chi connectivity index (χ3n) is 6.60. The van der Waals surface area contributed by atoms with Gasteiger partial charge in [-0.25, -0.2) is 4.79 Å². The Morgan fingerprint density at radius 3 is 2.71 bits per heavy atom. The molecule has 2 aliphatic heterocycles. The monoisotopic (exact) mass is 475 g/mol. The minimum absolute atomic E-state index is 0.277. The fraction of sp³-hybridized carbons (Fsp3) is 0.269. The van der Waals surface area contributed by atoms with Crippen molar-refractivity contribution in [1.82, 2.24) is 14.8 Å². The van der Waals surface area contributed by atoms with Crippen LogP contribution in [0.3, 0.4) is 0 Å². The number of amides is 3. The van der Waals surface area contributed by atoms with Gasteiger partial charge in [-0.3, -0.25) is 14.5 Å². The first-order chi connectivity index (χ1) is 16.4. The molecule has 3 aromatic rings. The van der Waals surface area contributed by atoms with Crippen molar-refractivity contribution in [2.45, 2.75) is 30.7 Å². The number of para-hydroxylation sites is 1. The molecule has 3 heterocycles. The van der Waals surface area contributed by atoms with E-state index in [1.807, 2.05) is 61.1 Å². The van der Waals surface area contributed by atoms with Gasteiger partial charge in [0.1, 0.15) is 5.75 Å². The number of carbonyl (C=O) groups is 3. The first-order valence-corrected chi connectivity index (χ1v) is 12.3. The highest BCUT2D eigenvalue weighted by atomic mass is 32.2. The summed E-state index contributed by atoms with van der Waals surface area (Å²) in [6.45, 7) is 3.82. The summed E-state index contributed by atoms with van der Waals surface area (Å²) in [5.41, 5.74) is 2.59. The van der Waals surface area contributed by atoms with Crippen LogP contribution in [0, 0.1) is 13.8 Å². The molecule has 1 saturated heterocycles. The molecule has 0 saturated carbocycles. The molecule has 1 spiro atoms. The molecule has 0 bridgehead atoms. The van der Waals surface area contributed by atoms with Crippen LogP contribution in [0.4, 0.5) is 4.79 Å². The van der Waals surface area contributed by atoms with Gasteiger partial charge in [-0.2, -0.15) is 0 Å². The Morgan fingerprint density at radius 2 is 1.91 bits per heavy atom. The van der Waals surface area contributed by atoms with E-state index >= 15 is 0 Å². The molecule has 1 fully saturated rings. The van der Waals surface area contributed by atoms with E-state index in [-0.39, 0.29) is 12.3 Å². The number of carbonyl (C=O) groups excluding carboxylic acids is 3. The van der Waals surface area contributed by atoms with Crippen molar-refractivity contribution in [3.8, 4) is 11.4 Å². The van der Waals surface area contributed by atoms with Crippen molar-refractivity contribution in [2.24, 2.45) is 0 Å². The number of thioether (sulfide) groups is 1. The smallest absolute Gasteiger partial charge is 0.325 e. The molecule has 0 radical (unpaired) electrons. The molecule has 2 aliphatic rings. The molecule has 5 rings (SSSR count). The average Bonchev–Trinajstić information content (AvgIpc) is 3.27. The van der Waals surface area contributed by atoms with E-state index < -0.39 is 17.5 Å². The molecular formula is C26H25N3O4S. The fourth-order valence-electron chi connectivity index (χ4n) is 4.94. The molecule has 34 heavy (non-hydrogen) atoms. The van der Waals surface area contributed by atoms with Gasteiger partial charge >= 0.3 is 6.03 Å². The highest BCUT2D eigenvalue weighted by Crippen LogP contribution is 2.41. The van der Waals surface area contributed by atoms with E-state index in [1.165, 1.54) is 0 Å². The van der Waals surface area contributed by atoms with Crippen LogP contribution in [0.2, 0.25) is 0 Å². The Morgan fingerprint density at radius 1 is 1.12 bits per heavy atom. The van der Waals surface area contributed by atoms with Crippen LogP contribution >= 0.6 is 11.8 Å². The number of imide groups is 1. The summed E-state index contributed by atoms with van der Waals surface area (Å²) in [6.07, 6.45) is 2.34. The molecule has 174 valence electrons. The van der Waals surface area contributed by atoms with E-state index in [2.05, 4.69) is 11.4 Å². The van der Waals surface area contributed by atoms with Crippen molar-refractivity contribution in [3.63, 3.8) is 0 Å². The lowest BCUT2D eigenvalue weighted by molar-refractivity contribution is -0.132. The minimum Gasteiger partial charge on any atom is -0.493 e. The number of nitrogens with one attached hydrogen (secondary N) is 1. The molecule has 2 aromatic carbocycles. The normalized spacial score (nSPS) is 19.2. The van der Waals surface area contributed by atoms with E-state index in [4.69, 9.17) is 4.74 Å². The van der Waals surface area contributed by atoms with Crippen LogP contribution in [-0.2, 0) is 10.3 Å². The Kier molecular flexibility index (Phi) is 5.48. The summed E-state index contributed by atoms with van der Waals surface area (Å²) in [4.78, 5) is 41.9. The Balaban J connectivity index is 1.44. The summed E-state index contributed by atoms with van der Waals surface area (Å²) >= 11 is 1.65. The largest absolute Gasteiger partial charge is 0.493 e. The van der Waals surface area contributed by atoms with Gasteiger partial charge in [0, 0.05) is 39.5 Å². The highest BCUT2D eigenvalue weighted by Gasteiger charge is 2.55. The predicted molar refractivity (Wildman–Crippen MR) is 130 cm³/mol. The lowest BCUT2D eigenvalue weighted by atomic mass is 9.84. The average molecular weight is 476 g/mol. The van der Waals surface area contributed by atoms with Gasteiger partial charge in [-0.15, -0.1) is 11.8 Å². The molecule has 0 aliphatic carbocycles. The van der Waals surface area contributed by atoms with Crippen LogP contribution in [0.25, 0.3) is 5.69 Å². The maximum absolute atomic E-state index is 13.5. The fourth-order valence-corrected chi connectivity index (χ4v) is 5.39. The van der Waals surface area contributed by atoms with Gasteiger partial charge < -0.3 is 14.6 Å². The van der Waals surface area contributed by atoms with Crippen molar-refractivity contribution in [3.05, 3.63) is 77.1 Å². The molecule has 3 amide bonds. The number of ether oxygens (including phenoxy) is 1. The van der Waals surface area contributed by atoms with Gasteiger partial charge in [0.2, 0.25) is 0 Å². The van der Waals surface area contributed by atoms with Gasteiger partial charge in [-0.1, -0.05) is 24.3 Å². The molecule has 1 atom stereocenters. The summed E-state index contributed by atoms with van der Waals surface area (Å²) in [5, 5.41) is 2.85. The van der Waals surface area contributed by atoms with Crippen molar-refractivity contribution in [2.75, 3.05) is 19.4 Å². The van der Waals surface area contributed by atoms with E-state index in [0.29, 0.717) is 29.9 Å². The summed E-state index contributed by atoms with van der Waals surface area (Å²) in [7, 11) is 0. The minimum atomic E-state index is -1.19. The summed E-state index contributed by atoms with van der Waals surface area (Å²) in [6, 6.07) is 16.6. The molecular weight excluding hydrogens is 450 g/mol. The third kappa shape index (κ3) is 3.40. The second-order valence-corrected chi connectivity index (χ2v) is 9.45. The Labute approximate surface area is 202 Å². The highest BCUT2D eigenvalue weighted by molar-refractivity contribution is 7.98. The standard InChI is InChI=1S/C26H25N3O4S/c1-16-13-20(17(2)29(16)18-7-6-8-19(14-18)34-3)22(30)15-28-24(31)26(27-25(28)32)11-12-33-23-10-5-4-9-21(23)26/h4-10,13-14H,11-12,15H2,1-3H3,(H,27,32)/t26-/m0/s1. The first-order valence-electron chi connectivity index (χ1n) is 11.1. The zero-order valence-corrected chi connectivity index (χ0v) is 20.1. The maximum atomic E-state index is 13.5. The van der Waals surface area contributed by atoms with Gasteiger partial charge in [0.25, 0.3) is 5.91 Å². The van der Waals surface area contributed by atoms with E-state index in [1.54, 1.807) is 23.9 Å². The third-order valence-corrected chi connectivity index (χ3v) is 7.33. The van der Waals surface area contributed by atoms with E-state index in [9.17, 15) is 14.4 Å². The SMILES string of the molecule is CSc1cccc(-n2c(C)cc(C(=O)CN3C(=O)N[C@]4(CCOc5ccccc54)C3=O)c2C)c1. The quantitative estimate of drug-likeness (QED) is 0.339. The number of hydrogen-bond acceptors (Lipinski definition) is 5. The number of nitrogens with zero attached hydrogens (tertiary/aromatic N) is 2. The predicted octanol–water partition coefficient (Wildman–Crippen LogP) is 4.23. The maximum Gasteiger partial charge on any atom is 0.325 e. The van der Waals surface area contributed by atoms with Gasteiger partial charge in [-0.05, 0) is 50.4 Å². The lowest BCUT2D eigenvalue weighted by Gasteiger charge is -2.33. The number of aromatic nitrogens is 1. The molecule has 0 unspecified atom stereocenters. The molecule has 8 heteroatoms. The Bertz CT molecular complexity index is 1330. The second-order valence-electron chi connectivity index (χ2n) is 8.57. The zero-order valence-electron chi connectivity index (χ0n) is 19.3. The summed E-state index contributed by atoms with van der Waals surface area (Å²) in [5.74, 6) is -0.115. The van der Waals surface area contributed by atoms with E-state index in [0.717, 1.165) is 26.9 Å². The number of hydrogen-bond donors (Lipinski definition) is 1. The van der Waals surface area contributed by atoms with Crippen LogP contribution < -0.4 is 10.1 Å². The Hall–Kier alpha value is -3.52. The number of benzene rings is 2. The molecule has 1 aromatic heterocycles. The van der Waals surface area contributed by atoms with Crippen LogP contribution in [0.5, 0.6) is 5.75 Å². The van der Waals surface area contributed by atoms with Crippen molar-refractivity contribution >= 4 is 29.5 Å². The number of fused-ring (bicyclic) bond motifs is 2. The second kappa shape index (κ2) is 8.36. The van der Waals surface area contributed by atoms with Crippen LogP contribution in [0.15, 0.2) is 59.5 Å². The van der Waals surface area contributed by atoms with Gasteiger partial charge in [0.05, 0.1) is 13.2 Å². The van der Waals surface area contributed by atoms with Crippen molar-refractivity contribution < 1.29 is 19.1 Å². The van der Waals surface area contributed by atoms with Crippen LogP contribution in [-0.4, -0.2) is 46.6 Å². The number of aryl methyl sites for hydroxylation is 1. The number of Topliss-reactive ketones (excluding diaryl/α,β-unsaturated/α-hetero) is 1. The summed E-state index contributed by atoms with van der Waals surface area (Å²) < 4.78 is 7.70. The van der Waals surface area contributed by atoms with Gasteiger partial charge in [0.15, 0.2) is 11.3 Å². The number of urea groups is 1. The molecule has 7 nitrogen and oxygen atoms in total. The number of rotatable bonds is 5. The lowest BCUT2D eigenvalue weighted by Crippen LogP contribution is -2.47.